The molecule has 3 rings (SSSR count). The topological polar surface area (TPSA) is 87.0 Å². The number of allylic oxidation sites excluding steroid dienone is 1. The Morgan fingerprint density at radius 1 is 1.33 bits per heavy atom. The Kier molecular flexibility index (Phi) is 6.77. The van der Waals surface area contributed by atoms with Crippen molar-refractivity contribution in [2.45, 2.75) is 82.0 Å². The first-order valence-corrected chi connectivity index (χ1v) is 10.5. The fraction of sp³-hybridized carbons (Fsp3) is 0.773. The van der Waals surface area contributed by atoms with Gasteiger partial charge in [0, 0.05) is 25.4 Å². The van der Waals surface area contributed by atoms with Crippen LogP contribution in [0.15, 0.2) is 23.8 Å². The summed E-state index contributed by atoms with van der Waals surface area (Å²) in [5, 5.41) is 29.8. The summed E-state index contributed by atoms with van der Waals surface area (Å²) < 4.78 is 5.96. The highest BCUT2D eigenvalue weighted by Gasteiger charge is 2.57. The number of ether oxygens (including phenoxy) is 1. The molecule has 1 unspecified atom stereocenters. The lowest BCUT2D eigenvalue weighted by Crippen LogP contribution is -2.59. The first-order valence-electron chi connectivity index (χ1n) is 10.5. The molecule has 0 amide bonds. The fourth-order valence-electron chi connectivity index (χ4n) is 5.43. The largest absolute Gasteiger partial charge is 0.481 e. The molecule has 3 N–H and O–H groups in total. The minimum absolute atomic E-state index is 0.00548. The van der Waals surface area contributed by atoms with Gasteiger partial charge in [-0.2, -0.15) is 0 Å². The van der Waals surface area contributed by atoms with Crippen LogP contribution in [-0.4, -0.2) is 46.2 Å². The van der Waals surface area contributed by atoms with Crippen molar-refractivity contribution in [3.05, 3.63) is 23.8 Å². The molecule has 5 heteroatoms. The van der Waals surface area contributed by atoms with Gasteiger partial charge in [0.1, 0.15) is 0 Å². The average Bonchev–Trinajstić information content (AvgIpc) is 3.16. The number of aliphatic hydroxyl groups excluding tert-OH is 2. The second-order valence-electron chi connectivity index (χ2n) is 8.52. The van der Waals surface area contributed by atoms with E-state index in [4.69, 9.17) is 9.84 Å². The van der Waals surface area contributed by atoms with Gasteiger partial charge in [-0.15, -0.1) is 0 Å². The summed E-state index contributed by atoms with van der Waals surface area (Å²) in [6, 6.07) is 0. The first-order chi connectivity index (χ1) is 13.0. The third kappa shape index (κ3) is 4.30. The molecule has 0 radical (unpaired) electrons. The van der Waals surface area contributed by atoms with Crippen molar-refractivity contribution in [1.82, 2.24) is 0 Å². The van der Waals surface area contributed by atoms with Gasteiger partial charge >= 0.3 is 5.97 Å². The Bertz CT molecular complexity index is 577. The molecule has 0 heterocycles. The third-order valence-corrected chi connectivity index (χ3v) is 7.07. The van der Waals surface area contributed by atoms with Crippen LogP contribution in [-0.2, 0) is 9.53 Å². The summed E-state index contributed by atoms with van der Waals surface area (Å²) in [7, 11) is 1.74. The van der Waals surface area contributed by atoms with Gasteiger partial charge in [0.25, 0.3) is 0 Å². The Morgan fingerprint density at radius 2 is 2.07 bits per heavy atom. The van der Waals surface area contributed by atoms with Gasteiger partial charge < -0.3 is 20.1 Å². The predicted molar refractivity (Wildman–Crippen MR) is 103 cm³/mol. The summed E-state index contributed by atoms with van der Waals surface area (Å²) in [4.78, 5) is 10.7. The van der Waals surface area contributed by atoms with Crippen LogP contribution in [0.25, 0.3) is 0 Å². The third-order valence-electron chi connectivity index (χ3n) is 7.07. The summed E-state index contributed by atoms with van der Waals surface area (Å²) in [5.74, 6) is -0.164. The van der Waals surface area contributed by atoms with Crippen molar-refractivity contribution in [1.29, 1.82) is 0 Å². The standard InChI is InChI=1S/C22H34O5/c1-27-22-13-12-20(24)17(10-11-19(23)15-6-2-3-7-15)18(22)14-16(22)8-4-5-9-21(25)26/h8,10-11,15,17-20,23-24H,2-7,9,12-14H2,1H3,(H,25,26)/b11-10+,16-8?/t17-,18-,19?,20-,22+/m0/s1. The van der Waals surface area contributed by atoms with Crippen molar-refractivity contribution in [2.75, 3.05) is 7.11 Å². The van der Waals surface area contributed by atoms with E-state index in [9.17, 15) is 15.0 Å². The number of carboxylic acid groups (broad SMARTS) is 1. The highest BCUT2D eigenvalue weighted by Crippen LogP contribution is 2.57. The quantitative estimate of drug-likeness (QED) is 0.445. The lowest BCUT2D eigenvalue weighted by atomic mass is 9.53. The maximum atomic E-state index is 10.7. The molecular weight excluding hydrogens is 344 g/mol. The zero-order chi connectivity index (χ0) is 19.4. The molecule has 3 aliphatic rings. The van der Waals surface area contributed by atoms with Gasteiger partial charge in [-0.3, -0.25) is 4.79 Å². The van der Waals surface area contributed by atoms with E-state index in [1.807, 2.05) is 12.2 Å². The minimum atomic E-state index is -0.756. The lowest BCUT2D eigenvalue weighted by molar-refractivity contribution is -0.140. The van der Waals surface area contributed by atoms with Crippen LogP contribution in [0.5, 0.6) is 0 Å². The van der Waals surface area contributed by atoms with E-state index in [1.165, 1.54) is 18.4 Å². The second kappa shape index (κ2) is 8.89. The van der Waals surface area contributed by atoms with Crippen molar-refractivity contribution in [3.8, 4) is 0 Å². The van der Waals surface area contributed by atoms with Gasteiger partial charge in [0.05, 0.1) is 17.8 Å². The maximum Gasteiger partial charge on any atom is 0.303 e. The number of hydrogen-bond acceptors (Lipinski definition) is 4. The van der Waals surface area contributed by atoms with Gasteiger partial charge in [-0.1, -0.05) is 31.1 Å². The zero-order valence-electron chi connectivity index (χ0n) is 16.3. The molecule has 0 bridgehead atoms. The Labute approximate surface area is 162 Å². The number of rotatable bonds is 8. The van der Waals surface area contributed by atoms with E-state index in [2.05, 4.69) is 6.08 Å². The number of aliphatic hydroxyl groups is 2. The molecule has 3 aliphatic carbocycles. The van der Waals surface area contributed by atoms with Crippen LogP contribution in [0, 0.1) is 17.8 Å². The van der Waals surface area contributed by atoms with Crippen LogP contribution in [0.2, 0.25) is 0 Å². The number of fused-ring (bicyclic) bond motifs is 1. The van der Waals surface area contributed by atoms with Crippen molar-refractivity contribution >= 4 is 5.97 Å². The maximum absolute atomic E-state index is 10.7. The molecule has 0 saturated heterocycles. The highest BCUT2D eigenvalue weighted by molar-refractivity contribution is 5.66. The normalized spacial score (nSPS) is 36.7. The van der Waals surface area contributed by atoms with Crippen LogP contribution < -0.4 is 0 Å². The number of hydrogen-bond donors (Lipinski definition) is 3. The molecule has 5 nitrogen and oxygen atoms in total. The zero-order valence-corrected chi connectivity index (χ0v) is 16.3. The van der Waals surface area contributed by atoms with E-state index in [1.54, 1.807) is 7.11 Å². The smallest absolute Gasteiger partial charge is 0.303 e. The molecule has 0 aromatic rings. The number of carbonyl (C=O) groups is 1. The van der Waals surface area contributed by atoms with E-state index >= 15 is 0 Å². The molecule has 0 spiro atoms. The van der Waals surface area contributed by atoms with E-state index in [-0.39, 0.29) is 30.0 Å². The second-order valence-corrected chi connectivity index (χ2v) is 8.52. The molecule has 0 aromatic carbocycles. The molecule has 3 saturated carbocycles. The molecular formula is C22H34O5. The number of aliphatic carboxylic acids is 1. The van der Waals surface area contributed by atoms with E-state index in [0.717, 1.165) is 32.1 Å². The van der Waals surface area contributed by atoms with E-state index < -0.39 is 12.1 Å². The summed E-state index contributed by atoms with van der Waals surface area (Å²) >= 11 is 0. The van der Waals surface area contributed by atoms with Crippen molar-refractivity contribution in [2.24, 2.45) is 17.8 Å². The number of carboxylic acids is 1. The average molecular weight is 379 g/mol. The summed E-state index contributed by atoms with van der Waals surface area (Å²) in [6.45, 7) is 0. The molecule has 3 fully saturated rings. The van der Waals surface area contributed by atoms with Gasteiger partial charge in [0.15, 0.2) is 0 Å². The molecule has 0 aliphatic heterocycles. The Balaban J connectivity index is 1.64. The molecule has 27 heavy (non-hydrogen) atoms. The SMILES string of the molecule is CO[C@@]12CC[C@H](O)[C@@H](/C=C/C(O)C3CCCC3)[C@@H]1CC2=CCCCC(=O)O. The van der Waals surface area contributed by atoms with E-state index in [0.29, 0.717) is 18.8 Å². The molecule has 5 atom stereocenters. The van der Waals surface area contributed by atoms with Crippen molar-refractivity contribution < 1.29 is 24.9 Å². The Morgan fingerprint density at radius 3 is 2.74 bits per heavy atom. The molecule has 0 aromatic heterocycles. The lowest BCUT2D eigenvalue weighted by Gasteiger charge is -2.58. The van der Waals surface area contributed by atoms with Gasteiger partial charge in [0.2, 0.25) is 0 Å². The summed E-state index contributed by atoms with van der Waals surface area (Å²) in [6.07, 6.45) is 13.8. The van der Waals surface area contributed by atoms with Crippen LogP contribution in [0.3, 0.4) is 0 Å². The number of methoxy groups -OCH3 is 1. The summed E-state index contributed by atoms with van der Waals surface area (Å²) in [5.41, 5.74) is 0.928. The predicted octanol–water partition coefficient (Wildman–Crippen LogP) is 3.45. The first kappa shape index (κ1) is 20.6. The monoisotopic (exact) mass is 378 g/mol. The van der Waals surface area contributed by atoms with Crippen molar-refractivity contribution in [3.63, 3.8) is 0 Å². The number of unbranched alkanes of at least 4 members (excludes halogenated alkanes) is 1. The van der Waals surface area contributed by atoms with Crippen LogP contribution >= 0.6 is 0 Å². The Hall–Kier alpha value is -1.17. The van der Waals surface area contributed by atoms with Crippen LogP contribution in [0.1, 0.15) is 64.2 Å². The van der Waals surface area contributed by atoms with Gasteiger partial charge in [-0.25, -0.2) is 0 Å². The molecule has 152 valence electrons. The van der Waals surface area contributed by atoms with Crippen LogP contribution in [0.4, 0.5) is 0 Å². The van der Waals surface area contributed by atoms with Gasteiger partial charge in [-0.05, 0) is 56.4 Å². The minimum Gasteiger partial charge on any atom is -0.481 e. The highest BCUT2D eigenvalue weighted by atomic mass is 16.5. The fourth-order valence-corrected chi connectivity index (χ4v) is 5.43.